The highest BCUT2D eigenvalue weighted by molar-refractivity contribution is 6.42. The lowest BCUT2D eigenvalue weighted by Crippen LogP contribution is -2.24. The van der Waals surface area contributed by atoms with Crippen LogP contribution in [0.1, 0.15) is 5.56 Å². The van der Waals surface area contributed by atoms with Crippen LogP contribution in [0.25, 0.3) is 0 Å². The molecule has 4 heteroatoms. The number of fused-ring (bicyclic) bond motifs is 1. The molecule has 0 amide bonds. The minimum Gasteiger partial charge on any atom is -0.396 e. The minimum atomic E-state index is 0.100. The zero-order chi connectivity index (χ0) is 11.3. The van der Waals surface area contributed by atoms with E-state index in [2.05, 4.69) is 5.32 Å². The van der Waals surface area contributed by atoms with Crippen LogP contribution < -0.4 is 5.32 Å². The Morgan fingerprint density at radius 3 is 2.81 bits per heavy atom. The molecule has 1 saturated heterocycles. The fraction of sp³-hybridized carbons (Fsp3) is 0.500. The van der Waals surface area contributed by atoms with Crippen LogP contribution in [0.5, 0.6) is 0 Å². The van der Waals surface area contributed by atoms with Crippen LogP contribution in [0.2, 0.25) is 10.0 Å². The van der Waals surface area contributed by atoms with Gasteiger partial charge in [-0.2, -0.15) is 0 Å². The first-order valence-corrected chi connectivity index (χ1v) is 6.23. The standard InChI is InChI=1S/C12H13Cl2NO/c13-10-2-1-7(3-11(10)14)12-6-15-4-8(12)9(12)5-16/h1-3,8-9,15-16H,4-6H2/t8?,9-,12+/m0/s1. The molecule has 1 heterocycles. The molecule has 3 rings (SSSR count). The van der Waals surface area contributed by atoms with Crippen molar-refractivity contribution in [1.29, 1.82) is 0 Å². The predicted octanol–water partition coefficient (Wildman–Crippen LogP) is 2.07. The highest BCUT2D eigenvalue weighted by Crippen LogP contribution is 2.61. The smallest absolute Gasteiger partial charge is 0.0595 e. The number of hydrogen-bond acceptors (Lipinski definition) is 2. The molecule has 0 aromatic heterocycles. The monoisotopic (exact) mass is 257 g/mol. The molecule has 86 valence electrons. The van der Waals surface area contributed by atoms with Gasteiger partial charge in [-0.1, -0.05) is 29.3 Å². The zero-order valence-electron chi connectivity index (χ0n) is 8.71. The SMILES string of the molecule is OC[C@H]1C2CNC[C@@]21c1ccc(Cl)c(Cl)c1. The normalized spacial score (nSPS) is 36.2. The molecule has 16 heavy (non-hydrogen) atoms. The second-order valence-electron chi connectivity index (χ2n) is 4.70. The predicted molar refractivity (Wildman–Crippen MR) is 65.1 cm³/mol. The Hall–Kier alpha value is -0.280. The number of hydrogen-bond donors (Lipinski definition) is 2. The number of aliphatic hydroxyl groups excluding tert-OH is 1. The highest BCUT2D eigenvalue weighted by atomic mass is 35.5. The van der Waals surface area contributed by atoms with Crippen molar-refractivity contribution in [3.63, 3.8) is 0 Å². The maximum Gasteiger partial charge on any atom is 0.0595 e. The highest BCUT2D eigenvalue weighted by Gasteiger charge is 2.67. The van der Waals surface area contributed by atoms with E-state index in [-0.39, 0.29) is 12.0 Å². The third-order valence-corrected chi connectivity index (χ3v) is 4.87. The van der Waals surface area contributed by atoms with E-state index in [1.54, 1.807) is 0 Å². The molecule has 3 atom stereocenters. The third-order valence-electron chi connectivity index (χ3n) is 4.14. The lowest BCUT2D eigenvalue weighted by atomic mass is 9.93. The summed E-state index contributed by atoms with van der Waals surface area (Å²) in [7, 11) is 0. The molecule has 1 aliphatic carbocycles. The van der Waals surface area contributed by atoms with Crippen LogP contribution in [0, 0.1) is 11.8 Å². The number of aliphatic hydroxyl groups is 1. The fourth-order valence-corrected chi connectivity index (χ4v) is 3.53. The topological polar surface area (TPSA) is 32.3 Å². The molecule has 1 aromatic rings. The summed E-state index contributed by atoms with van der Waals surface area (Å²) in [5, 5.41) is 13.9. The van der Waals surface area contributed by atoms with Crippen molar-refractivity contribution >= 4 is 23.2 Å². The first-order chi connectivity index (χ1) is 7.70. The maximum absolute atomic E-state index is 9.38. The molecular formula is C12H13Cl2NO. The van der Waals surface area contributed by atoms with Gasteiger partial charge in [0.1, 0.15) is 0 Å². The summed E-state index contributed by atoms with van der Waals surface area (Å²) in [5.74, 6) is 0.931. The Morgan fingerprint density at radius 2 is 2.19 bits per heavy atom. The van der Waals surface area contributed by atoms with E-state index in [1.807, 2.05) is 18.2 Å². The van der Waals surface area contributed by atoms with E-state index >= 15 is 0 Å². The molecule has 2 N–H and O–H groups in total. The van der Waals surface area contributed by atoms with E-state index < -0.39 is 0 Å². The third kappa shape index (κ3) is 1.28. The molecule has 2 nitrogen and oxygen atoms in total. The van der Waals surface area contributed by atoms with Gasteiger partial charge in [0.15, 0.2) is 0 Å². The van der Waals surface area contributed by atoms with Gasteiger partial charge in [-0.05, 0) is 36.1 Å². The summed E-state index contributed by atoms with van der Waals surface area (Å²) in [5.41, 5.74) is 1.30. The molecule has 2 fully saturated rings. The summed E-state index contributed by atoms with van der Waals surface area (Å²) < 4.78 is 0. The Labute approximate surface area is 105 Å². The maximum atomic E-state index is 9.38. The van der Waals surface area contributed by atoms with Crippen LogP contribution in [-0.2, 0) is 5.41 Å². The van der Waals surface area contributed by atoms with Crippen molar-refractivity contribution in [2.75, 3.05) is 19.7 Å². The molecule has 0 radical (unpaired) electrons. The van der Waals surface area contributed by atoms with Gasteiger partial charge >= 0.3 is 0 Å². The Morgan fingerprint density at radius 1 is 1.38 bits per heavy atom. The quantitative estimate of drug-likeness (QED) is 0.851. The second-order valence-corrected chi connectivity index (χ2v) is 5.51. The number of nitrogens with one attached hydrogen (secondary N) is 1. The van der Waals surface area contributed by atoms with Crippen LogP contribution in [-0.4, -0.2) is 24.8 Å². The lowest BCUT2D eigenvalue weighted by Gasteiger charge is -2.15. The van der Waals surface area contributed by atoms with Gasteiger partial charge in [-0.15, -0.1) is 0 Å². The Balaban J connectivity index is 2.00. The summed E-state index contributed by atoms with van der Waals surface area (Å²) >= 11 is 12.0. The van der Waals surface area contributed by atoms with E-state index in [0.29, 0.717) is 21.9 Å². The zero-order valence-corrected chi connectivity index (χ0v) is 10.2. The average Bonchev–Trinajstić information content (AvgIpc) is 2.69. The van der Waals surface area contributed by atoms with Crippen molar-refractivity contribution in [2.24, 2.45) is 11.8 Å². The minimum absolute atomic E-state index is 0.100. The van der Waals surface area contributed by atoms with Crippen molar-refractivity contribution in [1.82, 2.24) is 5.32 Å². The second kappa shape index (κ2) is 3.61. The number of benzene rings is 1. The number of halogens is 2. The van der Waals surface area contributed by atoms with Crippen molar-refractivity contribution in [3.05, 3.63) is 33.8 Å². The van der Waals surface area contributed by atoms with E-state index in [9.17, 15) is 5.11 Å². The van der Waals surface area contributed by atoms with Gasteiger partial charge in [-0.3, -0.25) is 0 Å². The fourth-order valence-electron chi connectivity index (χ4n) is 3.23. The molecule has 1 unspecified atom stereocenters. The van der Waals surface area contributed by atoms with Crippen LogP contribution in [0.3, 0.4) is 0 Å². The van der Waals surface area contributed by atoms with E-state index in [0.717, 1.165) is 13.1 Å². The van der Waals surface area contributed by atoms with Crippen molar-refractivity contribution in [3.8, 4) is 0 Å². The molecule has 1 aliphatic heterocycles. The van der Waals surface area contributed by atoms with Gasteiger partial charge in [0.2, 0.25) is 0 Å². The summed E-state index contributed by atoms with van der Waals surface area (Å²) in [6.45, 7) is 2.18. The average molecular weight is 258 g/mol. The van der Waals surface area contributed by atoms with Crippen LogP contribution in [0.15, 0.2) is 18.2 Å². The van der Waals surface area contributed by atoms with Gasteiger partial charge in [-0.25, -0.2) is 0 Å². The first-order valence-electron chi connectivity index (χ1n) is 5.47. The molecular weight excluding hydrogens is 245 g/mol. The van der Waals surface area contributed by atoms with Crippen LogP contribution in [0.4, 0.5) is 0 Å². The number of piperidine rings is 1. The summed E-state index contributed by atoms with van der Waals surface area (Å²) in [4.78, 5) is 0. The Kier molecular flexibility index (Phi) is 2.44. The first kappa shape index (κ1) is 10.8. The van der Waals surface area contributed by atoms with Gasteiger partial charge in [0.25, 0.3) is 0 Å². The lowest BCUT2D eigenvalue weighted by molar-refractivity contribution is 0.253. The van der Waals surface area contributed by atoms with Gasteiger partial charge in [0, 0.05) is 18.6 Å². The van der Waals surface area contributed by atoms with E-state index in [4.69, 9.17) is 23.2 Å². The van der Waals surface area contributed by atoms with Crippen molar-refractivity contribution < 1.29 is 5.11 Å². The Bertz CT molecular complexity index is 431. The molecule has 0 bridgehead atoms. The molecule has 1 saturated carbocycles. The van der Waals surface area contributed by atoms with Crippen LogP contribution >= 0.6 is 23.2 Å². The summed E-state index contributed by atoms with van der Waals surface area (Å²) in [6, 6.07) is 5.82. The summed E-state index contributed by atoms with van der Waals surface area (Å²) in [6.07, 6.45) is 0. The van der Waals surface area contributed by atoms with Gasteiger partial charge in [0.05, 0.1) is 10.0 Å². The molecule has 0 spiro atoms. The number of rotatable bonds is 2. The molecule has 1 aromatic carbocycles. The van der Waals surface area contributed by atoms with E-state index in [1.165, 1.54) is 5.56 Å². The largest absolute Gasteiger partial charge is 0.396 e. The van der Waals surface area contributed by atoms with Crippen molar-refractivity contribution in [2.45, 2.75) is 5.41 Å². The molecule has 2 aliphatic rings. The van der Waals surface area contributed by atoms with Gasteiger partial charge < -0.3 is 10.4 Å².